The van der Waals surface area contributed by atoms with Crippen molar-refractivity contribution in [3.63, 3.8) is 0 Å². The van der Waals surface area contributed by atoms with Crippen LogP contribution in [0.5, 0.6) is 0 Å². The van der Waals surface area contributed by atoms with Gasteiger partial charge in [-0.25, -0.2) is 0 Å². The zero-order valence-corrected chi connectivity index (χ0v) is 17.5. The van der Waals surface area contributed by atoms with Crippen LogP contribution in [-0.2, 0) is 4.74 Å². The van der Waals surface area contributed by atoms with Crippen molar-refractivity contribution in [2.75, 3.05) is 0 Å². The molecule has 0 amide bonds. The van der Waals surface area contributed by atoms with Crippen LogP contribution in [-0.4, -0.2) is 6.11 Å². The van der Waals surface area contributed by atoms with E-state index in [0.29, 0.717) is 18.6 Å². The molecule has 0 aromatic carbocycles. The first kappa shape index (κ1) is 21.1. The highest BCUT2D eigenvalue weighted by Gasteiger charge is 2.45. The topological polar surface area (TPSA) is 9.23 Å². The molecule has 2 aliphatic carbocycles. The summed E-state index contributed by atoms with van der Waals surface area (Å²) in [7, 11) is 0. The van der Waals surface area contributed by atoms with Gasteiger partial charge in [0.25, 0.3) is 0 Å². The van der Waals surface area contributed by atoms with Crippen LogP contribution in [0.3, 0.4) is 0 Å². The first-order valence-corrected chi connectivity index (χ1v) is 11.8. The maximum absolute atomic E-state index is 14.1. The Bertz CT molecular complexity index is 471. The maximum atomic E-state index is 14.1. The van der Waals surface area contributed by atoms with Gasteiger partial charge in [-0.1, -0.05) is 52.4 Å². The number of ether oxygens (including phenoxy) is 1. The lowest BCUT2D eigenvalue weighted by Gasteiger charge is -2.40. The summed E-state index contributed by atoms with van der Waals surface area (Å²) in [6, 6.07) is 0. The maximum Gasteiger partial charge on any atom is 0.400 e. The van der Waals surface area contributed by atoms with Crippen LogP contribution in [0.4, 0.5) is 8.78 Å². The summed E-state index contributed by atoms with van der Waals surface area (Å²) in [5.74, 6) is 2.87. The molecule has 0 spiro atoms. The first-order valence-electron chi connectivity index (χ1n) is 11.8. The number of hydrogen-bond donors (Lipinski definition) is 0. The summed E-state index contributed by atoms with van der Waals surface area (Å²) in [5.41, 5.74) is 0. The minimum Gasteiger partial charge on any atom is -0.437 e. The molecule has 3 aliphatic rings. The monoisotopic (exact) mass is 382 g/mol. The van der Waals surface area contributed by atoms with Crippen LogP contribution in [0.2, 0.25) is 0 Å². The van der Waals surface area contributed by atoms with E-state index >= 15 is 0 Å². The summed E-state index contributed by atoms with van der Waals surface area (Å²) >= 11 is 0. The van der Waals surface area contributed by atoms with E-state index in [4.69, 9.17) is 4.74 Å². The smallest absolute Gasteiger partial charge is 0.400 e. The SMILES string of the molecule is CCCCCC1CCC(C2CCC(C3=CCC(CC)C(F)(F)O3)CC2)CC1. The average molecular weight is 383 g/mol. The fraction of sp³-hybridized carbons (Fsp3) is 0.917. The van der Waals surface area contributed by atoms with E-state index in [1.54, 1.807) is 0 Å². The molecule has 27 heavy (non-hydrogen) atoms. The van der Waals surface area contributed by atoms with Gasteiger partial charge in [-0.3, -0.25) is 0 Å². The Balaban J connectivity index is 1.41. The predicted octanol–water partition coefficient (Wildman–Crippen LogP) is 8.10. The van der Waals surface area contributed by atoms with Crippen LogP contribution in [0, 0.1) is 29.6 Å². The van der Waals surface area contributed by atoms with Crippen LogP contribution >= 0.6 is 0 Å². The van der Waals surface area contributed by atoms with Crippen molar-refractivity contribution < 1.29 is 13.5 Å². The Morgan fingerprint density at radius 2 is 1.56 bits per heavy atom. The van der Waals surface area contributed by atoms with Gasteiger partial charge in [0.05, 0.1) is 5.92 Å². The van der Waals surface area contributed by atoms with Crippen molar-refractivity contribution >= 4 is 0 Å². The van der Waals surface area contributed by atoms with Crippen LogP contribution in [0.25, 0.3) is 0 Å². The van der Waals surface area contributed by atoms with Gasteiger partial charge in [-0.2, -0.15) is 8.78 Å². The third-order valence-electron chi connectivity index (χ3n) is 7.77. The second kappa shape index (κ2) is 9.74. The standard InChI is InChI=1S/C24H40F2O/c1-3-5-6-7-18-8-10-19(11-9-18)20-12-14-21(15-13-20)23-17-16-22(4-2)24(25,26)27-23/h17-22H,3-16H2,1-2H3. The van der Waals surface area contributed by atoms with Gasteiger partial charge in [0.1, 0.15) is 5.76 Å². The predicted molar refractivity (Wildman–Crippen MR) is 108 cm³/mol. The second-order valence-electron chi connectivity index (χ2n) is 9.50. The number of alkyl halides is 2. The average Bonchev–Trinajstić information content (AvgIpc) is 2.68. The summed E-state index contributed by atoms with van der Waals surface area (Å²) in [4.78, 5) is 0. The molecule has 0 bridgehead atoms. The lowest BCUT2D eigenvalue weighted by Crippen LogP contribution is -2.36. The Morgan fingerprint density at radius 1 is 0.926 bits per heavy atom. The molecule has 2 saturated carbocycles. The lowest BCUT2D eigenvalue weighted by molar-refractivity contribution is -0.262. The van der Waals surface area contributed by atoms with Crippen molar-refractivity contribution in [2.24, 2.45) is 29.6 Å². The normalized spacial score (nSPS) is 36.7. The Labute approximate surface area is 165 Å². The zero-order chi connectivity index (χ0) is 19.3. The highest BCUT2D eigenvalue weighted by atomic mass is 19.3. The Hall–Kier alpha value is -0.600. The number of hydrogen-bond acceptors (Lipinski definition) is 1. The summed E-state index contributed by atoms with van der Waals surface area (Å²) in [5, 5.41) is 0. The summed E-state index contributed by atoms with van der Waals surface area (Å²) in [6.07, 6.45) is 15.7. The molecular formula is C24H40F2O. The molecule has 2 fully saturated rings. The van der Waals surface area contributed by atoms with Gasteiger partial charge in [0.2, 0.25) is 0 Å². The molecule has 0 saturated heterocycles. The van der Waals surface area contributed by atoms with Crippen molar-refractivity contribution in [1.29, 1.82) is 0 Å². The molecule has 0 aromatic heterocycles. The Morgan fingerprint density at radius 3 is 2.11 bits per heavy atom. The molecule has 1 nitrogen and oxygen atoms in total. The van der Waals surface area contributed by atoms with Crippen LogP contribution in [0.15, 0.2) is 11.8 Å². The van der Waals surface area contributed by atoms with Crippen molar-refractivity contribution in [1.82, 2.24) is 0 Å². The third kappa shape index (κ3) is 5.48. The van der Waals surface area contributed by atoms with Crippen LogP contribution in [0.1, 0.15) is 104 Å². The van der Waals surface area contributed by atoms with E-state index in [1.807, 2.05) is 13.0 Å². The van der Waals surface area contributed by atoms with E-state index in [9.17, 15) is 8.78 Å². The largest absolute Gasteiger partial charge is 0.437 e. The number of allylic oxidation sites excluding steroid dienone is 2. The van der Waals surface area contributed by atoms with Crippen molar-refractivity contribution in [3.8, 4) is 0 Å². The molecule has 3 heteroatoms. The zero-order valence-electron chi connectivity index (χ0n) is 17.5. The third-order valence-corrected chi connectivity index (χ3v) is 7.77. The lowest BCUT2D eigenvalue weighted by atomic mass is 9.68. The summed E-state index contributed by atoms with van der Waals surface area (Å²) < 4.78 is 33.4. The quantitative estimate of drug-likeness (QED) is 0.404. The van der Waals surface area contributed by atoms with Gasteiger partial charge in [0, 0.05) is 5.92 Å². The first-order chi connectivity index (χ1) is 13.0. The van der Waals surface area contributed by atoms with E-state index in [1.165, 1.54) is 64.2 Å². The fourth-order valence-corrected chi connectivity index (χ4v) is 5.84. The van der Waals surface area contributed by atoms with Gasteiger partial charge in [-0.15, -0.1) is 0 Å². The van der Waals surface area contributed by atoms with Gasteiger partial charge < -0.3 is 4.74 Å². The number of halogens is 2. The van der Waals surface area contributed by atoms with Gasteiger partial charge in [0.15, 0.2) is 0 Å². The molecule has 0 N–H and O–H groups in total. The number of rotatable bonds is 7. The highest BCUT2D eigenvalue weighted by Crippen LogP contribution is 2.46. The second-order valence-corrected chi connectivity index (χ2v) is 9.50. The molecular weight excluding hydrogens is 342 g/mol. The minimum absolute atomic E-state index is 0.232. The van der Waals surface area contributed by atoms with Gasteiger partial charge >= 0.3 is 6.11 Å². The van der Waals surface area contributed by atoms with Gasteiger partial charge in [-0.05, 0) is 75.2 Å². The molecule has 1 heterocycles. The molecule has 1 aliphatic heterocycles. The summed E-state index contributed by atoms with van der Waals surface area (Å²) in [6.45, 7) is 4.11. The van der Waals surface area contributed by atoms with Crippen molar-refractivity contribution in [3.05, 3.63) is 11.8 Å². The molecule has 156 valence electrons. The van der Waals surface area contributed by atoms with E-state index < -0.39 is 12.0 Å². The molecule has 1 unspecified atom stereocenters. The molecule has 1 atom stereocenters. The van der Waals surface area contributed by atoms with Crippen LogP contribution < -0.4 is 0 Å². The fourth-order valence-electron chi connectivity index (χ4n) is 5.84. The van der Waals surface area contributed by atoms with E-state index in [-0.39, 0.29) is 5.92 Å². The molecule has 3 rings (SSSR count). The highest BCUT2D eigenvalue weighted by molar-refractivity contribution is 5.06. The minimum atomic E-state index is -2.97. The molecule has 0 aromatic rings. The van der Waals surface area contributed by atoms with E-state index in [0.717, 1.165) is 30.6 Å². The number of unbranched alkanes of at least 4 members (excludes halogenated alkanes) is 2. The van der Waals surface area contributed by atoms with E-state index in [2.05, 4.69) is 6.92 Å². The van der Waals surface area contributed by atoms with Crippen molar-refractivity contribution in [2.45, 2.75) is 110 Å². The Kier molecular flexibility index (Phi) is 7.62. The molecule has 0 radical (unpaired) electrons.